The van der Waals surface area contributed by atoms with E-state index in [2.05, 4.69) is 16.0 Å². The number of rotatable bonds is 3. The zero-order chi connectivity index (χ0) is 15.4. The van der Waals surface area contributed by atoms with E-state index in [4.69, 9.17) is 4.74 Å². The molecule has 1 unspecified atom stereocenters. The van der Waals surface area contributed by atoms with E-state index in [9.17, 15) is 9.59 Å². The summed E-state index contributed by atoms with van der Waals surface area (Å²) in [5.74, 6) is 0.387. The summed E-state index contributed by atoms with van der Waals surface area (Å²) in [6.07, 6.45) is 4.93. The van der Waals surface area contributed by atoms with Gasteiger partial charge in [0.1, 0.15) is 5.75 Å². The Morgan fingerprint density at radius 3 is 2.82 bits per heavy atom. The Kier molecular flexibility index (Phi) is 4.46. The Hall–Kier alpha value is -2.24. The van der Waals surface area contributed by atoms with E-state index in [-0.39, 0.29) is 24.5 Å². The third-order valence-corrected chi connectivity index (χ3v) is 4.09. The number of hydrogen-bond donors (Lipinski definition) is 3. The van der Waals surface area contributed by atoms with Crippen molar-refractivity contribution in [3.63, 3.8) is 0 Å². The van der Waals surface area contributed by atoms with Crippen LogP contribution in [0.5, 0.6) is 5.75 Å². The maximum Gasteiger partial charge on any atom is 0.315 e. The summed E-state index contributed by atoms with van der Waals surface area (Å²) in [7, 11) is 0. The first kappa shape index (κ1) is 14.7. The predicted octanol–water partition coefficient (Wildman–Crippen LogP) is 2.02. The zero-order valence-electron chi connectivity index (χ0n) is 12.4. The number of nitrogens with one attached hydrogen (secondary N) is 3. The van der Waals surface area contributed by atoms with E-state index in [0.29, 0.717) is 11.4 Å². The van der Waals surface area contributed by atoms with Gasteiger partial charge < -0.3 is 20.7 Å². The van der Waals surface area contributed by atoms with Crippen LogP contribution in [0.25, 0.3) is 0 Å². The maximum atomic E-state index is 12.0. The van der Waals surface area contributed by atoms with E-state index in [1.807, 2.05) is 12.1 Å². The number of anilines is 1. The second kappa shape index (κ2) is 6.68. The molecule has 0 aromatic heterocycles. The molecule has 1 fully saturated rings. The van der Waals surface area contributed by atoms with E-state index in [1.54, 1.807) is 12.1 Å². The largest absolute Gasteiger partial charge is 0.477 e. The third-order valence-electron chi connectivity index (χ3n) is 4.09. The molecule has 1 aromatic rings. The number of fused-ring (bicyclic) bond motifs is 1. The molecule has 1 aliphatic heterocycles. The molecule has 1 atom stereocenters. The van der Waals surface area contributed by atoms with Crippen molar-refractivity contribution < 1.29 is 14.3 Å². The first-order chi connectivity index (χ1) is 10.7. The van der Waals surface area contributed by atoms with Gasteiger partial charge in [-0.05, 0) is 25.0 Å². The molecular weight excluding hydrogens is 282 g/mol. The molecule has 0 radical (unpaired) electrons. The fraction of sp³-hybridized carbons (Fsp3) is 0.500. The van der Waals surface area contributed by atoms with Crippen LogP contribution in [0, 0.1) is 0 Å². The Bertz CT molecular complexity index is 555. The van der Waals surface area contributed by atoms with E-state index in [1.165, 1.54) is 6.42 Å². The summed E-state index contributed by atoms with van der Waals surface area (Å²) in [6.45, 7) is 0.152. The average molecular weight is 303 g/mol. The monoisotopic (exact) mass is 303 g/mol. The van der Waals surface area contributed by atoms with Crippen molar-refractivity contribution in [3.8, 4) is 5.75 Å². The summed E-state index contributed by atoms with van der Waals surface area (Å²) >= 11 is 0. The number of benzene rings is 1. The molecule has 1 aromatic carbocycles. The summed E-state index contributed by atoms with van der Waals surface area (Å²) in [5.41, 5.74) is 0.662. The molecule has 2 aliphatic rings. The third kappa shape index (κ3) is 3.50. The van der Waals surface area contributed by atoms with E-state index < -0.39 is 6.10 Å². The average Bonchev–Trinajstić information content (AvgIpc) is 2.54. The van der Waals surface area contributed by atoms with Gasteiger partial charge in [-0.3, -0.25) is 4.79 Å². The van der Waals surface area contributed by atoms with Crippen molar-refractivity contribution in [1.82, 2.24) is 10.6 Å². The minimum atomic E-state index is -0.702. The maximum absolute atomic E-state index is 12.0. The highest BCUT2D eigenvalue weighted by Crippen LogP contribution is 2.28. The molecule has 6 nitrogen and oxygen atoms in total. The predicted molar refractivity (Wildman–Crippen MR) is 82.9 cm³/mol. The molecule has 0 saturated heterocycles. The van der Waals surface area contributed by atoms with E-state index in [0.717, 1.165) is 25.7 Å². The van der Waals surface area contributed by atoms with Crippen LogP contribution in [0.2, 0.25) is 0 Å². The van der Waals surface area contributed by atoms with Gasteiger partial charge in [-0.2, -0.15) is 0 Å². The molecule has 22 heavy (non-hydrogen) atoms. The lowest BCUT2D eigenvalue weighted by Crippen LogP contribution is -2.49. The molecule has 6 heteroatoms. The minimum Gasteiger partial charge on any atom is -0.477 e. The highest BCUT2D eigenvalue weighted by molar-refractivity contribution is 5.98. The molecule has 0 bridgehead atoms. The minimum absolute atomic E-state index is 0.152. The number of ether oxygens (including phenoxy) is 1. The number of urea groups is 1. The van der Waals surface area contributed by atoms with Crippen LogP contribution in [0.1, 0.15) is 32.1 Å². The van der Waals surface area contributed by atoms with Gasteiger partial charge in [0, 0.05) is 6.04 Å². The number of carbonyl (C=O) groups excluding carboxylic acids is 2. The van der Waals surface area contributed by atoms with Crippen LogP contribution >= 0.6 is 0 Å². The quantitative estimate of drug-likeness (QED) is 0.799. The molecule has 0 spiro atoms. The summed E-state index contributed by atoms with van der Waals surface area (Å²) in [4.78, 5) is 23.8. The Morgan fingerprint density at radius 2 is 2.00 bits per heavy atom. The van der Waals surface area contributed by atoms with Crippen molar-refractivity contribution in [2.45, 2.75) is 44.2 Å². The van der Waals surface area contributed by atoms with Crippen LogP contribution in [-0.4, -0.2) is 30.6 Å². The molecule has 1 aliphatic carbocycles. The van der Waals surface area contributed by atoms with Gasteiger partial charge in [0.25, 0.3) is 5.91 Å². The molecule has 118 valence electrons. The second-order valence-corrected chi connectivity index (χ2v) is 5.78. The van der Waals surface area contributed by atoms with Crippen LogP contribution < -0.4 is 20.7 Å². The SMILES string of the molecule is O=C(NCC1Oc2ccccc2NC1=O)NC1CCCCC1. The fourth-order valence-electron chi connectivity index (χ4n) is 2.90. The lowest BCUT2D eigenvalue weighted by Gasteiger charge is -2.27. The van der Waals surface area contributed by atoms with Gasteiger partial charge in [0.15, 0.2) is 6.10 Å². The lowest BCUT2D eigenvalue weighted by atomic mass is 9.96. The second-order valence-electron chi connectivity index (χ2n) is 5.78. The topological polar surface area (TPSA) is 79.5 Å². The van der Waals surface area contributed by atoms with Gasteiger partial charge in [-0.25, -0.2) is 4.79 Å². The summed E-state index contributed by atoms with van der Waals surface area (Å²) in [5, 5.41) is 8.46. The summed E-state index contributed by atoms with van der Waals surface area (Å²) < 4.78 is 5.63. The van der Waals surface area contributed by atoms with Gasteiger partial charge in [0.2, 0.25) is 0 Å². The summed E-state index contributed by atoms with van der Waals surface area (Å²) in [6, 6.07) is 7.27. The Labute approximate surface area is 129 Å². The highest BCUT2D eigenvalue weighted by Gasteiger charge is 2.27. The number of hydrogen-bond acceptors (Lipinski definition) is 3. The van der Waals surface area contributed by atoms with Crippen molar-refractivity contribution >= 4 is 17.6 Å². The van der Waals surface area contributed by atoms with Gasteiger partial charge >= 0.3 is 6.03 Å². The first-order valence-electron chi connectivity index (χ1n) is 7.83. The van der Waals surface area contributed by atoms with Gasteiger partial charge in [-0.15, -0.1) is 0 Å². The molecule has 1 saturated carbocycles. The van der Waals surface area contributed by atoms with Crippen molar-refractivity contribution in [3.05, 3.63) is 24.3 Å². The number of para-hydroxylation sites is 2. The molecule has 1 heterocycles. The Balaban J connectivity index is 1.49. The number of carbonyl (C=O) groups is 2. The normalized spacial score (nSPS) is 21.3. The number of amides is 3. The van der Waals surface area contributed by atoms with Crippen molar-refractivity contribution in [2.24, 2.45) is 0 Å². The molecule has 3 N–H and O–H groups in total. The van der Waals surface area contributed by atoms with Crippen LogP contribution in [0.15, 0.2) is 24.3 Å². The highest BCUT2D eigenvalue weighted by atomic mass is 16.5. The zero-order valence-corrected chi connectivity index (χ0v) is 12.4. The first-order valence-corrected chi connectivity index (χ1v) is 7.83. The van der Waals surface area contributed by atoms with E-state index >= 15 is 0 Å². The molecule has 3 amide bonds. The Morgan fingerprint density at radius 1 is 1.23 bits per heavy atom. The van der Waals surface area contributed by atoms with Crippen LogP contribution in [-0.2, 0) is 4.79 Å². The fourth-order valence-corrected chi connectivity index (χ4v) is 2.90. The van der Waals surface area contributed by atoms with Crippen molar-refractivity contribution in [2.75, 3.05) is 11.9 Å². The van der Waals surface area contributed by atoms with Crippen LogP contribution in [0.4, 0.5) is 10.5 Å². The van der Waals surface area contributed by atoms with Crippen LogP contribution in [0.3, 0.4) is 0 Å². The van der Waals surface area contributed by atoms with Gasteiger partial charge in [0.05, 0.1) is 12.2 Å². The lowest BCUT2D eigenvalue weighted by molar-refractivity contribution is -0.123. The standard InChI is InChI=1S/C16H21N3O3/c20-15-14(22-13-9-5-4-8-12(13)19-15)10-17-16(21)18-11-6-2-1-3-7-11/h4-5,8-9,11,14H,1-3,6-7,10H2,(H,19,20)(H2,17,18,21). The van der Waals surface area contributed by atoms with Gasteiger partial charge in [-0.1, -0.05) is 31.4 Å². The molecule has 3 rings (SSSR count). The van der Waals surface area contributed by atoms with Crippen molar-refractivity contribution in [1.29, 1.82) is 0 Å². The smallest absolute Gasteiger partial charge is 0.315 e. The molecular formula is C16H21N3O3.